The molecule has 0 saturated carbocycles. The maximum atomic E-state index is 6.02. The number of hydrogen-bond acceptors (Lipinski definition) is 2. The van der Waals surface area contributed by atoms with E-state index in [1.807, 2.05) is 0 Å². The molecule has 0 aromatic heterocycles. The van der Waals surface area contributed by atoms with Crippen molar-refractivity contribution in [3.63, 3.8) is 0 Å². The molecule has 1 saturated heterocycles. The van der Waals surface area contributed by atoms with Crippen molar-refractivity contribution in [3.05, 3.63) is 0 Å². The van der Waals surface area contributed by atoms with Gasteiger partial charge in [0.15, 0.2) is 8.32 Å². The molecule has 0 amide bonds. The smallest absolute Gasteiger partial charge is 0.192 e. The van der Waals surface area contributed by atoms with Crippen LogP contribution in [0, 0.1) is 0 Å². The highest BCUT2D eigenvalue weighted by Crippen LogP contribution is 2.23. The summed E-state index contributed by atoms with van der Waals surface area (Å²) < 4.78 is 11.1. The second kappa shape index (κ2) is 4.39. The molecule has 0 radical (unpaired) electrons. The Kier molecular flexibility index (Phi) is 3.74. The van der Waals surface area contributed by atoms with Gasteiger partial charge in [-0.15, -0.1) is 0 Å². The predicted molar refractivity (Wildman–Crippen MR) is 52.9 cm³/mol. The largest absolute Gasteiger partial charge is 0.414 e. The fourth-order valence-corrected chi connectivity index (χ4v) is 4.14. The third-order valence-corrected chi connectivity index (χ3v) is 7.56. The average molecular weight is 188 g/mol. The molecular weight excluding hydrogens is 168 g/mol. The van der Waals surface area contributed by atoms with E-state index in [1.54, 1.807) is 0 Å². The minimum Gasteiger partial charge on any atom is -0.414 e. The number of epoxide rings is 1. The molecule has 1 heterocycles. The summed E-state index contributed by atoms with van der Waals surface area (Å²) in [5.74, 6) is 0. The molecule has 1 rings (SSSR count). The monoisotopic (exact) mass is 188 g/mol. The van der Waals surface area contributed by atoms with Crippen LogP contribution in [0.3, 0.4) is 0 Å². The molecule has 0 aromatic carbocycles. The van der Waals surface area contributed by atoms with Crippen molar-refractivity contribution in [2.24, 2.45) is 0 Å². The molecule has 0 aromatic rings. The van der Waals surface area contributed by atoms with Gasteiger partial charge in [-0.25, -0.2) is 0 Å². The van der Waals surface area contributed by atoms with Crippen LogP contribution in [0.2, 0.25) is 18.1 Å². The van der Waals surface area contributed by atoms with E-state index in [0.717, 1.165) is 13.2 Å². The van der Waals surface area contributed by atoms with Crippen LogP contribution in [0.25, 0.3) is 0 Å². The van der Waals surface area contributed by atoms with Gasteiger partial charge in [0.2, 0.25) is 0 Å². The number of hydrogen-bond donors (Lipinski definition) is 0. The Balaban J connectivity index is 2.28. The minimum atomic E-state index is -1.32. The molecule has 3 heteroatoms. The first-order valence-corrected chi connectivity index (χ1v) is 7.55. The molecule has 1 unspecified atom stereocenters. The van der Waals surface area contributed by atoms with E-state index in [1.165, 1.54) is 18.1 Å². The molecule has 0 spiro atoms. The van der Waals surface area contributed by atoms with Gasteiger partial charge in [-0.1, -0.05) is 20.8 Å². The van der Waals surface area contributed by atoms with Crippen molar-refractivity contribution < 1.29 is 9.16 Å². The minimum absolute atomic E-state index is 0.432. The molecule has 1 fully saturated rings. The van der Waals surface area contributed by atoms with Gasteiger partial charge in [0.05, 0.1) is 13.2 Å². The summed E-state index contributed by atoms with van der Waals surface area (Å²) in [7, 11) is -1.32. The molecule has 72 valence electrons. The quantitative estimate of drug-likeness (QED) is 0.471. The first-order valence-electron chi connectivity index (χ1n) is 5.02. The van der Waals surface area contributed by atoms with Gasteiger partial charge in [-0.2, -0.15) is 0 Å². The van der Waals surface area contributed by atoms with Crippen molar-refractivity contribution in [2.45, 2.75) is 45.0 Å². The first-order chi connectivity index (χ1) is 5.76. The van der Waals surface area contributed by atoms with E-state index in [9.17, 15) is 0 Å². The first kappa shape index (κ1) is 10.2. The van der Waals surface area contributed by atoms with Crippen molar-refractivity contribution in [1.82, 2.24) is 0 Å². The maximum absolute atomic E-state index is 6.02. The standard InChI is InChI=1S/C9H20O2Si/c1-4-12(5-2,6-3)11-8-9-7-10-9/h9H,4-8H2,1-3H3. The van der Waals surface area contributed by atoms with E-state index in [4.69, 9.17) is 9.16 Å². The van der Waals surface area contributed by atoms with Gasteiger partial charge in [-0.3, -0.25) is 0 Å². The Morgan fingerprint density at radius 1 is 1.25 bits per heavy atom. The van der Waals surface area contributed by atoms with E-state index in [0.29, 0.717) is 6.10 Å². The van der Waals surface area contributed by atoms with Crippen LogP contribution in [-0.4, -0.2) is 27.6 Å². The van der Waals surface area contributed by atoms with Crippen LogP contribution >= 0.6 is 0 Å². The van der Waals surface area contributed by atoms with E-state index >= 15 is 0 Å². The Morgan fingerprint density at radius 2 is 1.75 bits per heavy atom. The van der Waals surface area contributed by atoms with Gasteiger partial charge < -0.3 is 9.16 Å². The van der Waals surface area contributed by atoms with Crippen LogP contribution in [0.5, 0.6) is 0 Å². The Bertz CT molecular complexity index is 122. The maximum Gasteiger partial charge on any atom is 0.192 e. The van der Waals surface area contributed by atoms with E-state index in [-0.39, 0.29) is 0 Å². The normalized spacial score (nSPS) is 22.8. The Morgan fingerprint density at radius 3 is 2.08 bits per heavy atom. The van der Waals surface area contributed by atoms with Crippen molar-refractivity contribution in [2.75, 3.05) is 13.2 Å². The summed E-state index contributed by atoms with van der Waals surface area (Å²) >= 11 is 0. The molecule has 2 nitrogen and oxygen atoms in total. The lowest BCUT2D eigenvalue weighted by atomic mass is 10.5. The summed E-state index contributed by atoms with van der Waals surface area (Å²) in [6.07, 6.45) is 0.432. The fourth-order valence-electron chi connectivity index (χ4n) is 1.49. The highest BCUT2D eigenvalue weighted by molar-refractivity contribution is 6.73. The van der Waals surface area contributed by atoms with Crippen LogP contribution < -0.4 is 0 Å². The SMILES string of the molecule is CC[Si](CC)(CC)OCC1CO1. The zero-order valence-corrected chi connectivity index (χ0v) is 9.43. The molecule has 1 aliphatic rings. The van der Waals surface area contributed by atoms with Crippen LogP contribution in [0.1, 0.15) is 20.8 Å². The number of rotatable bonds is 6. The molecule has 1 aliphatic heterocycles. The lowest BCUT2D eigenvalue weighted by molar-refractivity contribution is 0.250. The van der Waals surface area contributed by atoms with Gasteiger partial charge in [-0.05, 0) is 18.1 Å². The van der Waals surface area contributed by atoms with E-state index < -0.39 is 8.32 Å². The highest BCUT2D eigenvalue weighted by atomic mass is 28.4. The van der Waals surface area contributed by atoms with Gasteiger partial charge >= 0.3 is 0 Å². The molecule has 0 bridgehead atoms. The molecule has 12 heavy (non-hydrogen) atoms. The van der Waals surface area contributed by atoms with Crippen LogP contribution in [-0.2, 0) is 9.16 Å². The predicted octanol–water partition coefficient (Wildman–Crippen LogP) is 2.41. The lowest BCUT2D eigenvalue weighted by Crippen LogP contribution is -2.36. The molecule has 0 N–H and O–H groups in total. The Labute approximate surface area is 76.4 Å². The van der Waals surface area contributed by atoms with Crippen molar-refractivity contribution >= 4 is 8.32 Å². The van der Waals surface area contributed by atoms with Gasteiger partial charge in [0.1, 0.15) is 6.10 Å². The van der Waals surface area contributed by atoms with Crippen molar-refractivity contribution in [3.8, 4) is 0 Å². The molecule has 0 aliphatic carbocycles. The summed E-state index contributed by atoms with van der Waals surface area (Å²) in [6.45, 7) is 8.54. The van der Waals surface area contributed by atoms with Gasteiger partial charge in [0.25, 0.3) is 0 Å². The summed E-state index contributed by atoms with van der Waals surface area (Å²) in [6, 6.07) is 3.73. The van der Waals surface area contributed by atoms with Crippen LogP contribution in [0.15, 0.2) is 0 Å². The zero-order chi connectivity index (χ0) is 9.03. The second-order valence-electron chi connectivity index (χ2n) is 3.51. The molecule has 1 atom stereocenters. The topological polar surface area (TPSA) is 21.8 Å². The third-order valence-electron chi connectivity index (χ3n) is 2.91. The third kappa shape index (κ3) is 2.57. The van der Waals surface area contributed by atoms with Crippen molar-refractivity contribution in [1.29, 1.82) is 0 Å². The fraction of sp³-hybridized carbons (Fsp3) is 1.00. The number of ether oxygens (including phenoxy) is 1. The zero-order valence-electron chi connectivity index (χ0n) is 8.43. The summed E-state index contributed by atoms with van der Waals surface area (Å²) in [5, 5.41) is 0. The second-order valence-corrected chi connectivity index (χ2v) is 8.29. The summed E-state index contributed by atoms with van der Waals surface area (Å²) in [4.78, 5) is 0. The molecular formula is C9H20O2Si. The Hall–Kier alpha value is 0.137. The summed E-state index contributed by atoms with van der Waals surface area (Å²) in [5.41, 5.74) is 0. The lowest BCUT2D eigenvalue weighted by Gasteiger charge is -2.27. The van der Waals surface area contributed by atoms with Crippen LogP contribution in [0.4, 0.5) is 0 Å². The van der Waals surface area contributed by atoms with Gasteiger partial charge in [0, 0.05) is 0 Å². The van der Waals surface area contributed by atoms with E-state index in [2.05, 4.69) is 20.8 Å². The average Bonchev–Trinajstić information content (AvgIpc) is 2.92. The highest BCUT2D eigenvalue weighted by Gasteiger charge is 2.32.